The molecule has 0 unspecified atom stereocenters. The second-order valence-electron chi connectivity index (χ2n) is 6.65. The molecule has 4 rings (SSSR count). The largest absolute Gasteiger partial charge is 0.340 e. The van der Waals surface area contributed by atoms with Crippen molar-refractivity contribution in [2.24, 2.45) is 0 Å². The zero-order chi connectivity index (χ0) is 20.9. The van der Waals surface area contributed by atoms with Crippen molar-refractivity contribution in [3.8, 4) is 0 Å². The summed E-state index contributed by atoms with van der Waals surface area (Å²) < 4.78 is 0. The van der Waals surface area contributed by atoms with Crippen molar-refractivity contribution in [3.63, 3.8) is 0 Å². The molecule has 30 heavy (non-hydrogen) atoms. The van der Waals surface area contributed by atoms with E-state index in [-0.39, 0.29) is 11.8 Å². The van der Waals surface area contributed by atoms with E-state index in [9.17, 15) is 9.59 Å². The predicted octanol–water partition coefficient (Wildman–Crippen LogP) is 4.58. The van der Waals surface area contributed by atoms with E-state index in [1.54, 1.807) is 36.7 Å². The van der Waals surface area contributed by atoms with Crippen LogP contribution in [0, 0.1) is 0 Å². The maximum atomic E-state index is 12.8. The van der Waals surface area contributed by atoms with Gasteiger partial charge in [0.2, 0.25) is 5.91 Å². The van der Waals surface area contributed by atoms with Crippen LogP contribution < -0.4 is 16.0 Å². The summed E-state index contributed by atoms with van der Waals surface area (Å²) in [5.74, 6) is 0.108. The molecule has 0 atom stereocenters. The molecule has 0 aliphatic carbocycles. The number of aromatic nitrogens is 2. The van der Waals surface area contributed by atoms with E-state index < -0.39 is 0 Å². The summed E-state index contributed by atoms with van der Waals surface area (Å²) in [4.78, 5) is 32.7. The third-order valence-electron chi connectivity index (χ3n) is 4.36. The van der Waals surface area contributed by atoms with Crippen LogP contribution in [0.1, 0.15) is 17.3 Å². The minimum atomic E-state index is -0.259. The van der Waals surface area contributed by atoms with Gasteiger partial charge in [-0.3, -0.25) is 14.6 Å². The first-order valence-electron chi connectivity index (χ1n) is 9.34. The lowest BCUT2D eigenvalue weighted by atomic mass is 10.1. The van der Waals surface area contributed by atoms with E-state index in [4.69, 9.17) is 0 Å². The van der Waals surface area contributed by atoms with Crippen molar-refractivity contribution < 1.29 is 9.59 Å². The Morgan fingerprint density at radius 2 is 1.60 bits per heavy atom. The number of hydrogen-bond donors (Lipinski definition) is 3. The fraction of sp³-hybridized carbons (Fsp3) is 0.0435. The molecule has 0 saturated heterocycles. The van der Waals surface area contributed by atoms with Crippen molar-refractivity contribution in [1.82, 2.24) is 9.97 Å². The number of rotatable bonds is 5. The molecule has 7 heteroatoms. The summed E-state index contributed by atoms with van der Waals surface area (Å²) in [5, 5.41) is 9.75. The molecular weight excluding hydrogens is 378 g/mol. The Morgan fingerprint density at radius 1 is 0.800 bits per heavy atom. The number of nitrogens with zero attached hydrogens (tertiary/aromatic N) is 2. The predicted molar refractivity (Wildman–Crippen MR) is 118 cm³/mol. The fourth-order valence-electron chi connectivity index (χ4n) is 3.07. The Bertz CT molecular complexity index is 1230. The van der Waals surface area contributed by atoms with Gasteiger partial charge in [-0.2, -0.15) is 0 Å². The minimum Gasteiger partial charge on any atom is -0.340 e. The molecular formula is C23H19N5O2. The molecule has 3 N–H and O–H groups in total. The molecule has 0 fully saturated rings. The SMILES string of the molecule is CC(=O)Nc1cccc(Nc2cc(C(=O)Nc3cccc4cccnc34)ccn2)c1. The Labute approximate surface area is 173 Å². The zero-order valence-corrected chi connectivity index (χ0v) is 16.2. The lowest BCUT2D eigenvalue weighted by Crippen LogP contribution is -2.13. The number of pyridine rings is 2. The molecule has 4 aromatic rings. The second kappa shape index (κ2) is 8.40. The number of hydrogen-bond acceptors (Lipinski definition) is 5. The van der Waals surface area contributed by atoms with Gasteiger partial charge in [-0.1, -0.05) is 24.3 Å². The average Bonchev–Trinajstić information content (AvgIpc) is 2.74. The molecule has 2 aromatic heterocycles. The van der Waals surface area contributed by atoms with Gasteiger partial charge in [0.05, 0.1) is 11.2 Å². The van der Waals surface area contributed by atoms with Crippen LogP contribution in [0.5, 0.6) is 0 Å². The first kappa shape index (κ1) is 19.1. The number of carbonyl (C=O) groups excluding carboxylic acids is 2. The third kappa shape index (κ3) is 4.41. The van der Waals surface area contributed by atoms with Gasteiger partial charge in [-0.05, 0) is 42.5 Å². The summed E-state index contributed by atoms with van der Waals surface area (Å²) in [6, 6.07) is 20.0. The molecule has 0 radical (unpaired) electrons. The van der Waals surface area contributed by atoms with Gasteiger partial charge in [0.1, 0.15) is 5.82 Å². The molecule has 0 bridgehead atoms. The lowest BCUT2D eigenvalue weighted by molar-refractivity contribution is -0.114. The van der Waals surface area contributed by atoms with Crippen molar-refractivity contribution in [1.29, 1.82) is 0 Å². The van der Waals surface area contributed by atoms with Crippen LogP contribution in [-0.2, 0) is 4.79 Å². The van der Waals surface area contributed by atoms with E-state index in [1.165, 1.54) is 6.92 Å². The average molecular weight is 397 g/mol. The van der Waals surface area contributed by atoms with Crippen LogP contribution in [0.2, 0.25) is 0 Å². The van der Waals surface area contributed by atoms with Gasteiger partial charge in [-0.15, -0.1) is 0 Å². The molecule has 2 amide bonds. The molecule has 7 nitrogen and oxygen atoms in total. The molecule has 0 saturated carbocycles. The van der Waals surface area contributed by atoms with Gasteiger partial charge >= 0.3 is 0 Å². The molecule has 0 aliphatic rings. The highest BCUT2D eigenvalue weighted by Gasteiger charge is 2.10. The standard InChI is InChI=1S/C23H19N5O2/c1-15(29)26-18-7-3-8-19(14-18)27-21-13-17(10-12-24-21)23(30)28-20-9-2-5-16-6-4-11-25-22(16)20/h2-14H,1H3,(H,24,27)(H,26,29)(H,28,30). The molecule has 0 aliphatic heterocycles. The molecule has 2 aromatic carbocycles. The highest BCUT2D eigenvalue weighted by Crippen LogP contribution is 2.23. The number of fused-ring (bicyclic) bond motifs is 1. The van der Waals surface area contributed by atoms with Gasteiger partial charge in [0.25, 0.3) is 5.91 Å². The first-order chi connectivity index (χ1) is 14.6. The quantitative estimate of drug-likeness (QED) is 0.458. The Balaban J connectivity index is 1.53. The van der Waals surface area contributed by atoms with Crippen molar-refractivity contribution in [3.05, 3.63) is 84.7 Å². The summed E-state index contributed by atoms with van der Waals surface area (Å²) in [7, 11) is 0. The number of benzene rings is 2. The van der Waals surface area contributed by atoms with Crippen molar-refractivity contribution in [2.45, 2.75) is 6.92 Å². The van der Waals surface area contributed by atoms with E-state index >= 15 is 0 Å². The lowest BCUT2D eigenvalue weighted by Gasteiger charge is -2.10. The fourth-order valence-corrected chi connectivity index (χ4v) is 3.07. The Morgan fingerprint density at radius 3 is 2.47 bits per heavy atom. The molecule has 0 spiro atoms. The third-order valence-corrected chi connectivity index (χ3v) is 4.36. The summed E-state index contributed by atoms with van der Waals surface area (Å²) in [5.41, 5.74) is 3.25. The minimum absolute atomic E-state index is 0.146. The smallest absolute Gasteiger partial charge is 0.255 e. The number of anilines is 4. The Kier molecular flexibility index (Phi) is 5.34. The van der Waals surface area contributed by atoms with Gasteiger partial charge in [0.15, 0.2) is 0 Å². The van der Waals surface area contributed by atoms with Gasteiger partial charge < -0.3 is 16.0 Å². The van der Waals surface area contributed by atoms with Crippen LogP contribution in [0.4, 0.5) is 22.9 Å². The number of nitrogens with one attached hydrogen (secondary N) is 3. The van der Waals surface area contributed by atoms with Crippen molar-refractivity contribution >= 4 is 45.6 Å². The van der Waals surface area contributed by atoms with Crippen LogP contribution in [0.25, 0.3) is 10.9 Å². The van der Waals surface area contributed by atoms with E-state index in [0.717, 1.165) is 16.6 Å². The van der Waals surface area contributed by atoms with E-state index in [2.05, 4.69) is 25.9 Å². The highest BCUT2D eigenvalue weighted by molar-refractivity contribution is 6.08. The first-order valence-corrected chi connectivity index (χ1v) is 9.34. The number of carbonyl (C=O) groups is 2. The second-order valence-corrected chi connectivity index (χ2v) is 6.65. The molecule has 148 valence electrons. The monoisotopic (exact) mass is 397 g/mol. The zero-order valence-electron chi connectivity index (χ0n) is 16.2. The summed E-state index contributed by atoms with van der Waals surface area (Å²) in [6.07, 6.45) is 3.26. The Hall–Kier alpha value is -4.26. The topological polar surface area (TPSA) is 96.0 Å². The maximum Gasteiger partial charge on any atom is 0.255 e. The maximum absolute atomic E-state index is 12.8. The van der Waals surface area contributed by atoms with E-state index in [1.807, 2.05) is 42.5 Å². The number of para-hydroxylation sites is 1. The van der Waals surface area contributed by atoms with Gasteiger partial charge in [-0.25, -0.2) is 4.98 Å². The van der Waals surface area contributed by atoms with E-state index in [0.29, 0.717) is 22.8 Å². The van der Waals surface area contributed by atoms with Gasteiger partial charge in [0, 0.05) is 41.6 Å². The van der Waals surface area contributed by atoms with Crippen LogP contribution in [-0.4, -0.2) is 21.8 Å². The van der Waals surface area contributed by atoms with Crippen LogP contribution in [0.3, 0.4) is 0 Å². The summed E-state index contributed by atoms with van der Waals surface area (Å²) in [6.45, 7) is 1.45. The molecule has 2 heterocycles. The van der Waals surface area contributed by atoms with Crippen LogP contribution >= 0.6 is 0 Å². The highest BCUT2D eigenvalue weighted by atomic mass is 16.2. The normalized spacial score (nSPS) is 10.4. The summed E-state index contributed by atoms with van der Waals surface area (Å²) >= 11 is 0. The van der Waals surface area contributed by atoms with Crippen LogP contribution in [0.15, 0.2) is 79.1 Å². The van der Waals surface area contributed by atoms with Crippen molar-refractivity contribution in [2.75, 3.05) is 16.0 Å². The number of amides is 2.